The first-order valence-electron chi connectivity index (χ1n) is 10.8. The van der Waals surface area contributed by atoms with Crippen molar-refractivity contribution >= 4 is 55.5 Å². The SMILES string of the molecule is COc1ccc(/C(O)=C2\C(=O)C(=O)N(c3nc4cc(C)c(OC)cc4s3)C2c2cccs2)c(C)c1. The maximum atomic E-state index is 13.4. The number of hydrogen-bond acceptors (Lipinski definition) is 8. The molecule has 1 aliphatic heterocycles. The predicted molar refractivity (Wildman–Crippen MR) is 138 cm³/mol. The van der Waals surface area contributed by atoms with E-state index in [2.05, 4.69) is 4.98 Å². The number of aliphatic hydroxyl groups is 1. The van der Waals surface area contributed by atoms with Crippen molar-refractivity contribution in [3.8, 4) is 11.5 Å². The average molecular weight is 507 g/mol. The fourth-order valence-corrected chi connectivity index (χ4v) is 6.12. The van der Waals surface area contributed by atoms with Crippen molar-refractivity contribution in [2.75, 3.05) is 19.1 Å². The molecule has 4 aromatic rings. The van der Waals surface area contributed by atoms with Crippen molar-refractivity contribution in [1.29, 1.82) is 0 Å². The third-order valence-corrected chi connectivity index (χ3v) is 7.99. The Kier molecular flexibility index (Phi) is 5.82. The smallest absolute Gasteiger partial charge is 0.301 e. The molecule has 1 amide bonds. The number of thiophene rings is 1. The summed E-state index contributed by atoms with van der Waals surface area (Å²) < 4.78 is 11.5. The van der Waals surface area contributed by atoms with E-state index in [0.717, 1.165) is 26.5 Å². The Labute approximate surface area is 209 Å². The van der Waals surface area contributed by atoms with Crippen LogP contribution in [0.1, 0.15) is 27.6 Å². The van der Waals surface area contributed by atoms with E-state index in [9.17, 15) is 14.7 Å². The molecule has 5 rings (SSSR count). The number of fused-ring (bicyclic) bond motifs is 1. The van der Waals surface area contributed by atoms with E-state index in [1.807, 2.05) is 43.5 Å². The zero-order valence-electron chi connectivity index (χ0n) is 19.5. The highest BCUT2D eigenvalue weighted by Crippen LogP contribution is 2.46. The molecule has 0 aliphatic carbocycles. The quantitative estimate of drug-likeness (QED) is 0.215. The van der Waals surface area contributed by atoms with E-state index in [1.165, 1.54) is 27.6 Å². The number of anilines is 1. The highest BCUT2D eigenvalue weighted by Gasteiger charge is 2.48. The van der Waals surface area contributed by atoms with Gasteiger partial charge in [0.1, 0.15) is 23.3 Å². The highest BCUT2D eigenvalue weighted by atomic mass is 32.1. The lowest BCUT2D eigenvalue weighted by Crippen LogP contribution is -2.28. The molecule has 9 heteroatoms. The number of ether oxygens (including phenoxy) is 2. The van der Waals surface area contributed by atoms with Gasteiger partial charge in [-0.1, -0.05) is 17.4 Å². The molecule has 0 spiro atoms. The van der Waals surface area contributed by atoms with Crippen molar-refractivity contribution in [2.24, 2.45) is 0 Å². The third kappa shape index (κ3) is 3.77. The van der Waals surface area contributed by atoms with Gasteiger partial charge in [0.15, 0.2) is 5.13 Å². The van der Waals surface area contributed by atoms with Gasteiger partial charge in [-0.2, -0.15) is 0 Å². The number of Topliss-reactive ketones (excluding diaryl/α,β-unsaturated/α-hetero) is 1. The topological polar surface area (TPSA) is 89.0 Å². The van der Waals surface area contributed by atoms with Crippen LogP contribution >= 0.6 is 22.7 Å². The zero-order valence-corrected chi connectivity index (χ0v) is 21.1. The standard InChI is InChI=1S/C26H22N2O5S2/c1-13-10-15(32-3)7-8-16(13)23(29)21-22(19-6-5-9-34-19)28(25(31)24(21)30)26-27-17-11-14(2)18(33-4)12-20(17)35-26/h5-12,22,29H,1-4H3/b23-21+. The number of aromatic nitrogens is 1. The van der Waals surface area contributed by atoms with Crippen LogP contribution in [0.15, 0.2) is 53.4 Å². The molecule has 178 valence electrons. The lowest BCUT2D eigenvalue weighted by atomic mass is 9.97. The van der Waals surface area contributed by atoms with E-state index in [4.69, 9.17) is 9.47 Å². The van der Waals surface area contributed by atoms with Crippen molar-refractivity contribution < 1.29 is 24.2 Å². The average Bonchev–Trinajstić information content (AvgIpc) is 3.56. The Hall–Kier alpha value is -3.69. The largest absolute Gasteiger partial charge is 0.507 e. The van der Waals surface area contributed by atoms with Crippen LogP contribution in [0.2, 0.25) is 0 Å². The van der Waals surface area contributed by atoms with E-state index >= 15 is 0 Å². The molecule has 2 aromatic heterocycles. The summed E-state index contributed by atoms with van der Waals surface area (Å²) >= 11 is 2.71. The Morgan fingerprint density at radius 3 is 2.51 bits per heavy atom. The van der Waals surface area contributed by atoms with Gasteiger partial charge < -0.3 is 14.6 Å². The Morgan fingerprint density at radius 1 is 1.06 bits per heavy atom. The maximum absolute atomic E-state index is 13.4. The number of carbonyl (C=O) groups excluding carboxylic acids is 2. The second-order valence-corrected chi connectivity index (χ2v) is 10.1. The van der Waals surface area contributed by atoms with Gasteiger partial charge in [-0.15, -0.1) is 11.3 Å². The number of nitrogens with zero attached hydrogens (tertiary/aromatic N) is 2. The van der Waals surface area contributed by atoms with Gasteiger partial charge in [-0.05, 0) is 66.8 Å². The molecule has 3 heterocycles. The molecule has 1 fully saturated rings. The Morgan fingerprint density at radius 2 is 1.86 bits per heavy atom. The lowest BCUT2D eigenvalue weighted by molar-refractivity contribution is -0.132. The lowest BCUT2D eigenvalue weighted by Gasteiger charge is -2.21. The summed E-state index contributed by atoms with van der Waals surface area (Å²) in [6, 6.07) is 11.9. The third-order valence-electron chi connectivity index (χ3n) is 6.05. The molecule has 0 bridgehead atoms. The van der Waals surface area contributed by atoms with Crippen LogP contribution in [-0.4, -0.2) is 36.0 Å². The normalized spacial score (nSPS) is 17.4. The fraction of sp³-hybridized carbons (Fsp3) is 0.192. The summed E-state index contributed by atoms with van der Waals surface area (Å²) in [5, 5.41) is 13.6. The summed E-state index contributed by atoms with van der Waals surface area (Å²) in [7, 11) is 3.16. The number of methoxy groups -OCH3 is 2. The molecule has 1 N–H and O–H groups in total. The summed E-state index contributed by atoms with van der Waals surface area (Å²) in [5.41, 5.74) is 2.86. The van der Waals surface area contributed by atoms with Crippen molar-refractivity contribution in [1.82, 2.24) is 4.98 Å². The second-order valence-electron chi connectivity index (χ2n) is 8.15. The summed E-state index contributed by atoms with van der Waals surface area (Å²) in [6.07, 6.45) is 0. The highest BCUT2D eigenvalue weighted by molar-refractivity contribution is 7.22. The van der Waals surface area contributed by atoms with Crippen LogP contribution in [0.25, 0.3) is 16.0 Å². The minimum absolute atomic E-state index is 0.0405. The molecule has 0 radical (unpaired) electrons. The summed E-state index contributed by atoms with van der Waals surface area (Å²) in [6.45, 7) is 3.74. The number of thiazole rings is 1. The van der Waals surface area contributed by atoms with Gasteiger partial charge in [-0.25, -0.2) is 4.98 Å². The number of aliphatic hydroxyl groups excluding tert-OH is 1. The summed E-state index contributed by atoms with van der Waals surface area (Å²) in [5.74, 6) is -0.333. The first-order valence-corrected chi connectivity index (χ1v) is 12.5. The zero-order chi connectivity index (χ0) is 24.9. The van der Waals surface area contributed by atoms with Crippen LogP contribution in [0.5, 0.6) is 11.5 Å². The van der Waals surface area contributed by atoms with Gasteiger partial charge in [0.05, 0.1) is 30.0 Å². The molecule has 1 aliphatic rings. The van der Waals surface area contributed by atoms with Crippen LogP contribution in [0.4, 0.5) is 5.13 Å². The van der Waals surface area contributed by atoms with Gasteiger partial charge in [0.2, 0.25) is 0 Å². The van der Waals surface area contributed by atoms with Crippen molar-refractivity contribution in [3.63, 3.8) is 0 Å². The van der Waals surface area contributed by atoms with E-state index < -0.39 is 17.7 Å². The van der Waals surface area contributed by atoms with Gasteiger partial charge >= 0.3 is 5.91 Å². The maximum Gasteiger partial charge on any atom is 0.301 e. The van der Waals surface area contributed by atoms with Crippen molar-refractivity contribution in [2.45, 2.75) is 19.9 Å². The molecule has 2 aromatic carbocycles. The molecule has 1 saturated heterocycles. The van der Waals surface area contributed by atoms with E-state index in [1.54, 1.807) is 32.4 Å². The second kappa shape index (κ2) is 8.83. The monoisotopic (exact) mass is 506 g/mol. The Bertz CT molecular complexity index is 1500. The summed E-state index contributed by atoms with van der Waals surface area (Å²) in [4.78, 5) is 33.5. The van der Waals surface area contributed by atoms with Crippen LogP contribution in [-0.2, 0) is 9.59 Å². The molecular formula is C26H22N2O5S2. The number of hydrogen-bond donors (Lipinski definition) is 1. The van der Waals surface area contributed by atoms with Crippen molar-refractivity contribution in [3.05, 3.63) is 75.0 Å². The number of rotatable bonds is 5. The molecular weight excluding hydrogens is 484 g/mol. The van der Waals surface area contributed by atoms with E-state index in [0.29, 0.717) is 22.0 Å². The number of benzene rings is 2. The minimum atomic E-state index is -0.792. The number of aryl methyl sites for hydroxylation is 2. The van der Waals surface area contributed by atoms with Crippen LogP contribution in [0, 0.1) is 13.8 Å². The molecule has 1 unspecified atom stereocenters. The fourth-order valence-electron chi connectivity index (χ4n) is 4.29. The first-order chi connectivity index (χ1) is 16.8. The number of amides is 1. The number of carbonyl (C=O) groups is 2. The first kappa shape index (κ1) is 23.1. The van der Waals surface area contributed by atoms with Gasteiger partial charge in [0.25, 0.3) is 5.78 Å². The van der Waals surface area contributed by atoms with Crippen LogP contribution in [0.3, 0.4) is 0 Å². The van der Waals surface area contributed by atoms with E-state index in [-0.39, 0.29) is 11.3 Å². The molecule has 7 nitrogen and oxygen atoms in total. The minimum Gasteiger partial charge on any atom is -0.507 e. The number of ketones is 1. The molecule has 35 heavy (non-hydrogen) atoms. The van der Waals surface area contributed by atoms with Gasteiger partial charge in [0, 0.05) is 10.4 Å². The van der Waals surface area contributed by atoms with Crippen LogP contribution < -0.4 is 14.4 Å². The van der Waals surface area contributed by atoms with Gasteiger partial charge in [-0.3, -0.25) is 14.5 Å². The molecule has 0 saturated carbocycles. The molecule has 1 atom stereocenters. The Balaban J connectivity index is 1.70. The predicted octanol–water partition coefficient (Wildman–Crippen LogP) is 5.62.